The zero-order chi connectivity index (χ0) is 19.9. The standard InChI is InChI=1S/C18H23N7O3/c1-20-10-13(16(19)27-2)18(26)23-15-5-3-4-14(22-15)17-24-21-11-25(17)12-6-8-28-9-7-12/h3-5,10-12,19-20H,6-9H2,1-2H3,(H,22,23,26)/b13-10+,19-16?. The molecule has 0 saturated carbocycles. The normalized spacial score (nSPS) is 15.1. The molecule has 28 heavy (non-hydrogen) atoms. The van der Waals surface area contributed by atoms with E-state index in [0.717, 1.165) is 12.8 Å². The van der Waals surface area contributed by atoms with Crippen molar-refractivity contribution < 1.29 is 14.3 Å². The van der Waals surface area contributed by atoms with E-state index in [4.69, 9.17) is 14.9 Å². The summed E-state index contributed by atoms with van der Waals surface area (Å²) in [6.07, 6.45) is 4.87. The van der Waals surface area contributed by atoms with Crippen molar-refractivity contribution in [1.82, 2.24) is 25.1 Å². The first-order chi connectivity index (χ1) is 13.6. The summed E-state index contributed by atoms with van der Waals surface area (Å²) in [6, 6.07) is 5.52. The topological polar surface area (TPSA) is 127 Å². The van der Waals surface area contributed by atoms with Crippen LogP contribution >= 0.6 is 0 Å². The zero-order valence-electron chi connectivity index (χ0n) is 15.8. The molecule has 1 fully saturated rings. The lowest BCUT2D eigenvalue weighted by Gasteiger charge is -2.24. The maximum absolute atomic E-state index is 12.5. The van der Waals surface area contributed by atoms with Crippen LogP contribution in [0, 0.1) is 5.41 Å². The molecule has 0 aromatic carbocycles. The molecule has 0 unspecified atom stereocenters. The minimum Gasteiger partial charge on any atom is -0.481 e. The molecule has 0 spiro atoms. The fourth-order valence-electron chi connectivity index (χ4n) is 2.96. The molecule has 3 heterocycles. The third kappa shape index (κ3) is 4.34. The van der Waals surface area contributed by atoms with Crippen molar-refractivity contribution in [2.75, 3.05) is 32.7 Å². The van der Waals surface area contributed by atoms with Crippen molar-refractivity contribution in [1.29, 1.82) is 5.41 Å². The summed E-state index contributed by atoms with van der Waals surface area (Å²) in [7, 11) is 2.97. The Kier molecular flexibility index (Phi) is 6.33. The molecule has 0 radical (unpaired) electrons. The predicted molar refractivity (Wildman–Crippen MR) is 103 cm³/mol. The summed E-state index contributed by atoms with van der Waals surface area (Å²) < 4.78 is 12.3. The van der Waals surface area contributed by atoms with Gasteiger partial charge in [0.2, 0.25) is 5.90 Å². The highest BCUT2D eigenvalue weighted by Gasteiger charge is 2.21. The summed E-state index contributed by atoms with van der Waals surface area (Å²) in [5.74, 6) is 0.229. The molecule has 1 amide bonds. The molecule has 10 nitrogen and oxygen atoms in total. The highest BCUT2D eigenvalue weighted by molar-refractivity contribution is 6.21. The van der Waals surface area contributed by atoms with Gasteiger partial charge in [-0.3, -0.25) is 10.2 Å². The second-order valence-corrected chi connectivity index (χ2v) is 6.15. The molecule has 0 atom stereocenters. The van der Waals surface area contributed by atoms with Crippen molar-refractivity contribution in [3.05, 3.63) is 36.3 Å². The van der Waals surface area contributed by atoms with Gasteiger partial charge in [0, 0.05) is 32.5 Å². The lowest BCUT2D eigenvalue weighted by molar-refractivity contribution is -0.112. The number of anilines is 1. The number of rotatable bonds is 6. The van der Waals surface area contributed by atoms with Crippen LogP contribution < -0.4 is 10.6 Å². The van der Waals surface area contributed by atoms with Crippen molar-refractivity contribution in [2.24, 2.45) is 0 Å². The van der Waals surface area contributed by atoms with E-state index < -0.39 is 5.91 Å². The predicted octanol–water partition coefficient (Wildman–Crippen LogP) is 1.36. The molecule has 0 bridgehead atoms. The molecule has 1 aliphatic rings. The highest BCUT2D eigenvalue weighted by atomic mass is 16.5. The Labute approximate surface area is 162 Å². The number of carbonyl (C=O) groups excluding carboxylic acids is 1. The average molecular weight is 385 g/mol. The van der Waals surface area contributed by atoms with Crippen LogP contribution in [0.25, 0.3) is 11.5 Å². The first-order valence-electron chi connectivity index (χ1n) is 8.90. The van der Waals surface area contributed by atoms with E-state index >= 15 is 0 Å². The van der Waals surface area contributed by atoms with Crippen LogP contribution in [0.1, 0.15) is 18.9 Å². The van der Waals surface area contributed by atoms with Crippen LogP contribution in [0.15, 0.2) is 36.3 Å². The number of hydrogen-bond acceptors (Lipinski definition) is 8. The number of ether oxygens (including phenoxy) is 2. The Morgan fingerprint density at radius 1 is 1.39 bits per heavy atom. The van der Waals surface area contributed by atoms with Crippen LogP contribution in [0.3, 0.4) is 0 Å². The van der Waals surface area contributed by atoms with Crippen molar-refractivity contribution in [3.63, 3.8) is 0 Å². The van der Waals surface area contributed by atoms with Crippen LogP contribution in [-0.4, -0.2) is 58.9 Å². The quantitative estimate of drug-likeness (QED) is 0.389. The van der Waals surface area contributed by atoms with E-state index in [9.17, 15) is 4.79 Å². The van der Waals surface area contributed by atoms with Crippen LogP contribution in [0.5, 0.6) is 0 Å². The SMILES string of the molecule is CN/C=C(\C(=N)OC)C(=O)Nc1cccc(-c2nncn2C2CCOCC2)n1. The average Bonchev–Trinajstić information content (AvgIpc) is 3.22. The molecular formula is C18H23N7O3. The van der Waals surface area contributed by atoms with Gasteiger partial charge >= 0.3 is 0 Å². The zero-order valence-corrected chi connectivity index (χ0v) is 15.8. The number of amides is 1. The lowest BCUT2D eigenvalue weighted by Crippen LogP contribution is -2.23. The monoisotopic (exact) mass is 385 g/mol. The van der Waals surface area contributed by atoms with Crippen molar-refractivity contribution >= 4 is 17.6 Å². The maximum atomic E-state index is 12.5. The molecule has 2 aromatic rings. The van der Waals surface area contributed by atoms with E-state index in [1.54, 1.807) is 25.5 Å². The molecule has 10 heteroatoms. The minimum absolute atomic E-state index is 0.0579. The number of pyridine rings is 1. The van der Waals surface area contributed by atoms with Gasteiger partial charge in [-0.15, -0.1) is 10.2 Å². The van der Waals surface area contributed by atoms with Crippen LogP contribution in [0.4, 0.5) is 5.82 Å². The smallest absolute Gasteiger partial charge is 0.263 e. The molecule has 3 rings (SSSR count). The number of hydrogen-bond donors (Lipinski definition) is 3. The molecule has 3 N–H and O–H groups in total. The molecule has 2 aromatic heterocycles. The summed E-state index contributed by atoms with van der Waals surface area (Å²) in [6.45, 7) is 1.41. The number of methoxy groups -OCH3 is 1. The largest absolute Gasteiger partial charge is 0.481 e. The van der Waals surface area contributed by atoms with E-state index in [1.807, 2.05) is 10.6 Å². The van der Waals surface area contributed by atoms with E-state index in [1.165, 1.54) is 13.3 Å². The first-order valence-corrected chi connectivity index (χ1v) is 8.90. The number of nitrogens with zero attached hydrogens (tertiary/aromatic N) is 4. The van der Waals surface area contributed by atoms with Gasteiger partial charge < -0.3 is 24.7 Å². The Balaban J connectivity index is 1.82. The Bertz CT molecular complexity index is 872. The van der Waals surface area contributed by atoms with Gasteiger partial charge in [0.05, 0.1) is 7.11 Å². The molecule has 1 saturated heterocycles. The van der Waals surface area contributed by atoms with E-state index in [2.05, 4.69) is 25.8 Å². The second kappa shape index (κ2) is 9.09. The van der Waals surface area contributed by atoms with Gasteiger partial charge in [-0.25, -0.2) is 4.98 Å². The van der Waals surface area contributed by atoms with Gasteiger partial charge in [0.1, 0.15) is 23.4 Å². The molecule has 0 aliphatic carbocycles. The maximum Gasteiger partial charge on any atom is 0.263 e. The van der Waals surface area contributed by atoms with Crippen molar-refractivity contribution in [2.45, 2.75) is 18.9 Å². The Morgan fingerprint density at radius 2 is 2.18 bits per heavy atom. The molecule has 148 valence electrons. The van der Waals surface area contributed by atoms with Crippen molar-refractivity contribution in [3.8, 4) is 11.5 Å². The van der Waals surface area contributed by atoms with Crippen LogP contribution in [-0.2, 0) is 14.3 Å². The van der Waals surface area contributed by atoms with E-state index in [-0.39, 0.29) is 17.5 Å². The number of nitrogens with one attached hydrogen (secondary N) is 3. The van der Waals surface area contributed by atoms with Gasteiger partial charge in [-0.2, -0.15) is 0 Å². The van der Waals surface area contributed by atoms with Crippen LogP contribution in [0.2, 0.25) is 0 Å². The fourth-order valence-corrected chi connectivity index (χ4v) is 2.96. The van der Waals surface area contributed by atoms with Gasteiger partial charge in [-0.1, -0.05) is 6.07 Å². The number of aromatic nitrogens is 4. The highest BCUT2D eigenvalue weighted by Crippen LogP contribution is 2.26. The Morgan fingerprint density at radius 3 is 2.89 bits per heavy atom. The fraction of sp³-hybridized carbons (Fsp3) is 0.389. The summed E-state index contributed by atoms with van der Waals surface area (Å²) in [4.78, 5) is 17.0. The van der Waals surface area contributed by atoms with Gasteiger partial charge in [0.25, 0.3) is 5.91 Å². The van der Waals surface area contributed by atoms with Gasteiger partial charge in [-0.05, 0) is 25.0 Å². The lowest BCUT2D eigenvalue weighted by atomic mass is 10.1. The third-order valence-electron chi connectivity index (χ3n) is 4.36. The minimum atomic E-state index is -0.503. The summed E-state index contributed by atoms with van der Waals surface area (Å²) in [5.41, 5.74) is 0.658. The summed E-state index contributed by atoms with van der Waals surface area (Å²) in [5, 5.41) is 21.4. The summed E-state index contributed by atoms with van der Waals surface area (Å²) >= 11 is 0. The Hall–Kier alpha value is -3.27. The second-order valence-electron chi connectivity index (χ2n) is 6.15. The molecular weight excluding hydrogens is 362 g/mol. The third-order valence-corrected chi connectivity index (χ3v) is 4.36. The number of carbonyl (C=O) groups is 1. The molecule has 1 aliphatic heterocycles. The van der Waals surface area contributed by atoms with Gasteiger partial charge in [0.15, 0.2) is 5.82 Å². The van der Waals surface area contributed by atoms with E-state index in [0.29, 0.717) is 30.5 Å². The first kappa shape index (κ1) is 19.5.